The smallest absolute Gasteiger partial charge is 0.160 e. The van der Waals surface area contributed by atoms with Crippen molar-refractivity contribution < 1.29 is 0 Å². The molecule has 1 heterocycles. The van der Waals surface area contributed by atoms with Gasteiger partial charge in [0.05, 0.1) is 11.4 Å². The van der Waals surface area contributed by atoms with Crippen molar-refractivity contribution >= 4 is 17.2 Å². The Morgan fingerprint density at radius 1 is 0.630 bits per heavy atom. The van der Waals surface area contributed by atoms with Crippen molar-refractivity contribution in [2.24, 2.45) is 15.9 Å². The first-order chi connectivity index (χ1) is 13.3. The lowest BCUT2D eigenvalue weighted by Crippen LogP contribution is -2.17. The van der Waals surface area contributed by atoms with Crippen LogP contribution in [0.15, 0.2) is 107 Å². The fourth-order valence-corrected chi connectivity index (χ4v) is 3.27. The van der Waals surface area contributed by atoms with Gasteiger partial charge in [-0.25, -0.2) is 9.98 Å². The molecule has 3 aromatic carbocycles. The third-order valence-electron chi connectivity index (χ3n) is 4.76. The molecule has 0 N–H and O–H groups in total. The Morgan fingerprint density at radius 2 is 1.15 bits per heavy atom. The first-order valence-corrected chi connectivity index (χ1v) is 9.35. The predicted molar refractivity (Wildman–Crippen MR) is 114 cm³/mol. The Labute approximate surface area is 160 Å². The summed E-state index contributed by atoms with van der Waals surface area (Å²) in [6.45, 7) is 2.24. The monoisotopic (exact) mass is 350 g/mol. The number of hydrogen-bond donors (Lipinski definition) is 0. The van der Waals surface area contributed by atoms with Crippen molar-refractivity contribution in [3.8, 4) is 0 Å². The number of hydrogen-bond acceptors (Lipinski definition) is 2. The molecule has 0 spiro atoms. The molecule has 1 aliphatic rings. The van der Waals surface area contributed by atoms with Crippen LogP contribution in [-0.4, -0.2) is 11.5 Å². The van der Waals surface area contributed by atoms with Crippen LogP contribution in [0.2, 0.25) is 0 Å². The van der Waals surface area contributed by atoms with Gasteiger partial charge in [0, 0.05) is 11.5 Å². The van der Waals surface area contributed by atoms with E-state index < -0.39 is 0 Å². The van der Waals surface area contributed by atoms with Crippen molar-refractivity contribution in [2.75, 3.05) is 0 Å². The van der Waals surface area contributed by atoms with Crippen LogP contribution in [0.4, 0.5) is 0 Å². The van der Waals surface area contributed by atoms with Gasteiger partial charge in [-0.15, -0.1) is 0 Å². The first kappa shape index (κ1) is 17.2. The van der Waals surface area contributed by atoms with Gasteiger partial charge in [-0.05, 0) is 17.5 Å². The molecule has 0 amide bonds. The van der Waals surface area contributed by atoms with Crippen molar-refractivity contribution in [1.82, 2.24) is 0 Å². The Morgan fingerprint density at radius 3 is 1.74 bits per heavy atom. The summed E-state index contributed by atoms with van der Waals surface area (Å²) in [5.74, 6) is 1.07. The van der Waals surface area contributed by atoms with Crippen LogP contribution in [0.5, 0.6) is 0 Å². The van der Waals surface area contributed by atoms with Gasteiger partial charge in [-0.1, -0.05) is 104 Å². The Hall–Kier alpha value is -3.26. The molecular weight excluding hydrogens is 328 g/mol. The van der Waals surface area contributed by atoms with Crippen LogP contribution in [0.25, 0.3) is 5.70 Å². The molecule has 27 heavy (non-hydrogen) atoms. The molecule has 0 aliphatic carbocycles. The molecule has 1 unspecified atom stereocenters. The molecule has 2 heteroatoms. The van der Waals surface area contributed by atoms with E-state index in [-0.39, 0.29) is 0 Å². The minimum atomic E-state index is 0.306. The summed E-state index contributed by atoms with van der Waals surface area (Å²) in [5, 5.41) is 0. The lowest BCUT2D eigenvalue weighted by molar-refractivity contribution is 0.790. The zero-order chi connectivity index (χ0) is 18.5. The summed E-state index contributed by atoms with van der Waals surface area (Å²) in [4.78, 5) is 10.0. The van der Waals surface area contributed by atoms with Crippen LogP contribution in [0.1, 0.15) is 30.0 Å². The normalized spacial score (nSPS) is 19.1. The quantitative estimate of drug-likeness (QED) is 0.553. The third kappa shape index (κ3) is 3.95. The zero-order valence-electron chi connectivity index (χ0n) is 15.4. The maximum atomic E-state index is 5.06. The SMILES string of the molecule is CC1C/C=C(\c2ccccc2)N=C(c2ccccc2)N=C1c1ccccc1. The van der Waals surface area contributed by atoms with Crippen molar-refractivity contribution in [3.05, 3.63) is 114 Å². The Balaban J connectivity index is 1.87. The maximum Gasteiger partial charge on any atom is 0.160 e. The average Bonchev–Trinajstić information content (AvgIpc) is 2.73. The molecule has 0 aromatic heterocycles. The summed E-state index contributed by atoms with van der Waals surface area (Å²) >= 11 is 0. The first-order valence-electron chi connectivity index (χ1n) is 9.35. The highest BCUT2D eigenvalue weighted by Gasteiger charge is 2.17. The van der Waals surface area contributed by atoms with E-state index in [1.165, 1.54) is 0 Å². The molecule has 0 fully saturated rings. The highest BCUT2D eigenvalue weighted by Crippen LogP contribution is 2.25. The van der Waals surface area contributed by atoms with Crippen molar-refractivity contribution in [1.29, 1.82) is 0 Å². The van der Waals surface area contributed by atoms with Gasteiger partial charge in [-0.3, -0.25) is 0 Å². The van der Waals surface area contributed by atoms with E-state index in [0.717, 1.165) is 40.4 Å². The second kappa shape index (κ2) is 7.96. The summed E-state index contributed by atoms with van der Waals surface area (Å²) < 4.78 is 0. The van der Waals surface area contributed by atoms with Gasteiger partial charge in [0.25, 0.3) is 0 Å². The molecule has 1 atom stereocenters. The van der Waals surface area contributed by atoms with Gasteiger partial charge in [0.2, 0.25) is 0 Å². The topological polar surface area (TPSA) is 24.7 Å². The second-order valence-electron chi connectivity index (χ2n) is 6.76. The van der Waals surface area contributed by atoms with Gasteiger partial charge in [0.15, 0.2) is 5.84 Å². The lowest BCUT2D eigenvalue weighted by atomic mass is 9.93. The standard InChI is InChI=1S/C25H22N2/c1-19-17-18-23(20-11-5-2-6-12-20)26-25(22-15-9-4-10-16-22)27-24(19)21-13-7-3-8-14-21/h2-16,18-19H,17H2,1H3/b23-18+,26-25?,27-24?. The molecule has 0 saturated heterocycles. The van der Waals surface area contributed by atoms with Crippen molar-refractivity contribution in [3.63, 3.8) is 0 Å². The van der Waals surface area contributed by atoms with E-state index in [2.05, 4.69) is 73.7 Å². The summed E-state index contributed by atoms with van der Waals surface area (Å²) in [5.41, 5.74) is 5.38. The minimum Gasteiger partial charge on any atom is -0.232 e. The van der Waals surface area contributed by atoms with Crippen LogP contribution in [-0.2, 0) is 0 Å². The molecule has 2 nitrogen and oxygen atoms in total. The number of aliphatic imine (C=N–C) groups is 2. The lowest BCUT2D eigenvalue weighted by Gasteiger charge is -2.18. The van der Waals surface area contributed by atoms with Crippen LogP contribution in [0.3, 0.4) is 0 Å². The fourth-order valence-electron chi connectivity index (χ4n) is 3.27. The zero-order valence-corrected chi connectivity index (χ0v) is 15.4. The molecule has 3 aromatic rings. The second-order valence-corrected chi connectivity index (χ2v) is 6.76. The molecule has 4 rings (SSSR count). The van der Waals surface area contributed by atoms with E-state index in [9.17, 15) is 0 Å². The van der Waals surface area contributed by atoms with Crippen LogP contribution >= 0.6 is 0 Å². The number of benzene rings is 3. The highest BCUT2D eigenvalue weighted by atomic mass is 14.9. The maximum absolute atomic E-state index is 5.06. The van der Waals surface area contributed by atoms with E-state index in [1.807, 2.05) is 30.3 Å². The summed E-state index contributed by atoms with van der Waals surface area (Å²) in [7, 11) is 0. The Bertz CT molecular complexity index is 984. The fraction of sp³-hybridized carbons (Fsp3) is 0.120. The molecular formula is C25H22N2. The van der Waals surface area contributed by atoms with Gasteiger partial charge < -0.3 is 0 Å². The third-order valence-corrected chi connectivity index (χ3v) is 4.76. The number of rotatable bonds is 3. The van der Waals surface area contributed by atoms with E-state index in [0.29, 0.717) is 5.92 Å². The molecule has 0 bridgehead atoms. The highest BCUT2D eigenvalue weighted by molar-refractivity contribution is 6.14. The van der Waals surface area contributed by atoms with E-state index in [1.54, 1.807) is 0 Å². The summed E-state index contributed by atoms with van der Waals surface area (Å²) in [6, 6.07) is 31.0. The summed E-state index contributed by atoms with van der Waals surface area (Å²) in [6.07, 6.45) is 3.14. The molecule has 1 aliphatic heterocycles. The number of allylic oxidation sites excluding steroid dienone is 1. The van der Waals surface area contributed by atoms with Gasteiger partial charge in [0.1, 0.15) is 0 Å². The van der Waals surface area contributed by atoms with Gasteiger partial charge in [-0.2, -0.15) is 0 Å². The molecule has 132 valence electrons. The Kier molecular flexibility index (Phi) is 5.06. The predicted octanol–water partition coefficient (Wildman–Crippen LogP) is 6.00. The van der Waals surface area contributed by atoms with Crippen LogP contribution < -0.4 is 0 Å². The van der Waals surface area contributed by atoms with Gasteiger partial charge >= 0.3 is 0 Å². The molecule has 0 saturated carbocycles. The molecule has 0 radical (unpaired) electrons. The largest absolute Gasteiger partial charge is 0.232 e. The van der Waals surface area contributed by atoms with Crippen molar-refractivity contribution in [2.45, 2.75) is 13.3 Å². The number of nitrogens with zero attached hydrogens (tertiary/aromatic N) is 2. The average molecular weight is 350 g/mol. The van der Waals surface area contributed by atoms with E-state index in [4.69, 9.17) is 9.98 Å². The van der Waals surface area contributed by atoms with E-state index >= 15 is 0 Å². The number of amidine groups is 1. The minimum absolute atomic E-state index is 0.306. The van der Waals surface area contributed by atoms with Crippen LogP contribution in [0, 0.1) is 5.92 Å².